The van der Waals surface area contributed by atoms with Crippen LogP contribution in [0.1, 0.15) is 24.8 Å². The Morgan fingerprint density at radius 3 is 2.75 bits per heavy atom. The maximum atomic E-state index is 11.0. The molecule has 4 N–H and O–H groups in total. The van der Waals surface area contributed by atoms with E-state index < -0.39 is 11.4 Å². The highest BCUT2D eigenvalue weighted by atomic mass is 32.2. The van der Waals surface area contributed by atoms with E-state index in [9.17, 15) is 4.79 Å². The minimum Gasteiger partial charge on any atom is -0.368 e. The molecule has 7 heteroatoms. The van der Waals surface area contributed by atoms with Gasteiger partial charge in [0.2, 0.25) is 5.91 Å². The highest BCUT2D eigenvalue weighted by Crippen LogP contribution is 2.23. The van der Waals surface area contributed by atoms with Crippen LogP contribution in [0.25, 0.3) is 0 Å². The lowest BCUT2D eigenvalue weighted by atomic mass is 9.97. The lowest BCUT2D eigenvalue weighted by Gasteiger charge is -2.19. The number of nitrogens with zero attached hydrogens (tertiary/aromatic N) is 2. The van der Waals surface area contributed by atoms with Gasteiger partial charge in [0, 0.05) is 5.75 Å². The Morgan fingerprint density at radius 2 is 2.25 bits per heavy atom. The first kappa shape index (κ1) is 13.4. The van der Waals surface area contributed by atoms with Gasteiger partial charge in [-0.15, -0.1) is 10.2 Å². The topological polar surface area (TPSA) is 94.9 Å². The van der Waals surface area contributed by atoms with Crippen LogP contribution in [0.2, 0.25) is 0 Å². The van der Waals surface area contributed by atoms with Crippen LogP contribution in [0.4, 0.5) is 0 Å². The molecule has 0 fully saturated rings. The van der Waals surface area contributed by atoms with E-state index in [-0.39, 0.29) is 0 Å². The Bertz CT molecular complexity index is 364. The summed E-state index contributed by atoms with van der Waals surface area (Å²) in [5.74, 6) is 0.415. The zero-order valence-corrected chi connectivity index (χ0v) is 11.0. The molecule has 1 aromatic rings. The number of thioether (sulfide) groups is 1. The van der Waals surface area contributed by atoms with Crippen LogP contribution in [0, 0.1) is 6.92 Å². The fourth-order valence-corrected chi connectivity index (χ4v) is 2.88. The largest absolute Gasteiger partial charge is 0.368 e. The van der Waals surface area contributed by atoms with Gasteiger partial charge in [-0.1, -0.05) is 23.1 Å². The van der Waals surface area contributed by atoms with Gasteiger partial charge in [-0.25, -0.2) is 0 Å². The monoisotopic (exact) mass is 260 g/mol. The third kappa shape index (κ3) is 4.07. The standard InChI is InChI=1S/C9H16N4OS2/c1-6-12-13-8(16-6)15-5-3-4-9(2,11)7(10)14/h3-5,11H2,1-2H3,(H2,10,14). The highest BCUT2D eigenvalue weighted by molar-refractivity contribution is 8.01. The molecule has 1 atom stereocenters. The van der Waals surface area contributed by atoms with Crippen molar-refractivity contribution >= 4 is 29.0 Å². The molecular weight excluding hydrogens is 244 g/mol. The van der Waals surface area contributed by atoms with Crippen molar-refractivity contribution in [1.29, 1.82) is 0 Å². The SMILES string of the molecule is Cc1nnc(SCCCC(C)(N)C(N)=O)s1. The maximum absolute atomic E-state index is 11.0. The number of nitrogens with two attached hydrogens (primary N) is 2. The number of aromatic nitrogens is 2. The minimum absolute atomic E-state index is 0.454. The molecule has 1 rings (SSSR count). The Morgan fingerprint density at radius 1 is 1.56 bits per heavy atom. The summed E-state index contributed by atoms with van der Waals surface area (Å²) in [6.45, 7) is 3.58. The lowest BCUT2D eigenvalue weighted by Crippen LogP contribution is -2.49. The molecule has 0 aliphatic rings. The van der Waals surface area contributed by atoms with Crippen LogP contribution in [-0.2, 0) is 4.79 Å². The number of aryl methyl sites for hydroxylation is 1. The van der Waals surface area contributed by atoms with E-state index in [1.807, 2.05) is 6.92 Å². The molecule has 16 heavy (non-hydrogen) atoms. The molecule has 0 saturated carbocycles. The van der Waals surface area contributed by atoms with E-state index in [4.69, 9.17) is 11.5 Å². The normalized spacial score (nSPS) is 14.7. The van der Waals surface area contributed by atoms with Gasteiger partial charge in [0.15, 0.2) is 4.34 Å². The van der Waals surface area contributed by atoms with Gasteiger partial charge in [-0.05, 0) is 26.7 Å². The molecule has 1 unspecified atom stereocenters. The molecule has 0 aromatic carbocycles. The van der Waals surface area contributed by atoms with Crippen LogP contribution in [0.15, 0.2) is 4.34 Å². The predicted molar refractivity (Wildman–Crippen MR) is 66.4 cm³/mol. The van der Waals surface area contributed by atoms with Gasteiger partial charge < -0.3 is 11.5 Å². The molecule has 0 saturated heterocycles. The van der Waals surface area contributed by atoms with Crippen molar-refractivity contribution in [3.63, 3.8) is 0 Å². The summed E-state index contributed by atoms with van der Waals surface area (Å²) < 4.78 is 0.954. The van der Waals surface area contributed by atoms with Crippen molar-refractivity contribution in [2.45, 2.75) is 36.6 Å². The fraction of sp³-hybridized carbons (Fsp3) is 0.667. The summed E-state index contributed by atoms with van der Waals surface area (Å²) in [7, 11) is 0. The van der Waals surface area contributed by atoms with Crippen LogP contribution in [-0.4, -0.2) is 27.4 Å². The van der Waals surface area contributed by atoms with Gasteiger partial charge in [0.05, 0.1) is 5.54 Å². The second-order valence-corrected chi connectivity index (χ2v) is 6.34. The first-order valence-corrected chi connectivity index (χ1v) is 6.74. The third-order valence-corrected chi connectivity index (χ3v) is 4.19. The van der Waals surface area contributed by atoms with Gasteiger partial charge >= 0.3 is 0 Å². The van der Waals surface area contributed by atoms with Gasteiger partial charge in [-0.2, -0.15) is 0 Å². The maximum Gasteiger partial charge on any atom is 0.237 e. The first-order chi connectivity index (χ1) is 7.42. The molecule has 5 nitrogen and oxygen atoms in total. The smallest absolute Gasteiger partial charge is 0.237 e. The van der Waals surface area contributed by atoms with Gasteiger partial charge in [0.25, 0.3) is 0 Å². The van der Waals surface area contributed by atoms with Crippen molar-refractivity contribution in [3.8, 4) is 0 Å². The summed E-state index contributed by atoms with van der Waals surface area (Å²) in [4.78, 5) is 11.0. The Labute approximate surface area is 103 Å². The number of hydrogen-bond acceptors (Lipinski definition) is 6. The van der Waals surface area contributed by atoms with Crippen molar-refractivity contribution in [1.82, 2.24) is 10.2 Å². The lowest BCUT2D eigenvalue weighted by molar-refractivity contribution is -0.122. The number of carbonyl (C=O) groups excluding carboxylic acids is 1. The van der Waals surface area contributed by atoms with E-state index in [0.717, 1.165) is 21.5 Å². The Hall–Kier alpha value is -0.660. The quantitative estimate of drug-likeness (QED) is 0.586. The zero-order valence-electron chi connectivity index (χ0n) is 9.40. The predicted octanol–water partition coefficient (Wildman–Crippen LogP) is 0.922. The van der Waals surface area contributed by atoms with E-state index in [1.54, 1.807) is 30.0 Å². The van der Waals surface area contributed by atoms with E-state index in [0.29, 0.717) is 6.42 Å². The number of amides is 1. The van der Waals surface area contributed by atoms with Crippen molar-refractivity contribution in [2.24, 2.45) is 11.5 Å². The van der Waals surface area contributed by atoms with Crippen molar-refractivity contribution in [3.05, 3.63) is 5.01 Å². The Balaban J connectivity index is 2.24. The van der Waals surface area contributed by atoms with Crippen LogP contribution < -0.4 is 11.5 Å². The molecule has 0 aliphatic heterocycles. The van der Waals surface area contributed by atoms with Crippen molar-refractivity contribution < 1.29 is 4.79 Å². The zero-order chi connectivity index (χ0) is 12.2. The van der Waals surface area contributed by atoms with E-state index in [1.165, 1.54) is 0 Å². The number of primary amides is 1. The highest BCUT2D eigenvalue weighted by Gasteiger charge is 2.24. The molecule has 0 aliphatic carbocycles. The summed E-state index contributed by atoms with van der Waals surface area (Å²) in [6, 6.07) is 0. The molecule has 1 aromatic heterocycles. The van der Waals surface area contributed by atoms with E-state index >= 15 is 0 Å². The summed E-state index contributed by atoms with van der Waals surface area (Å²) >= 11 is 3.20. The molecule has 0 radical (unpaired) electrons. The average Bonchev–Trinajstić information content (AvgIpc) is 2.59. The van der Waals surface area contributed by atoms with E-state index in [2.05, 4.69) is 10.2 Å². The second kappa shape index (κ2) is 5.60. The number of hydrogen-bond donors (Lipinski definition) is 2. The molecule has 0 spiro atoms. The van der Waals surface area contributed by atoms with Crippen LogP contribution in [0.3, 0.4) is 0 Å². The second-order valence-electron chi connectivity index (χ2n) is 3.82. The molecule has 90 valence electrons. The molecular formula is C9H16N4OS2. The summed E-state index contributed by atoms with van der Waals surface area (Å²) in [6.07, 6.45) is 1.42. The fourth-order valence-electron chi connectivity index (χ4n) is 1.06. The molecule has 1 heterocycles. The Kier molecular flexibility index (Phi) is 4.69. The van der Waals surface area contributed by atoms with Crippen molar-refractivity contribution in [2.75, 3.05) is 5.75 Å². The van der Waals surface area contributed by atoms with Crippen LogP contribution in [0.5, 0.6) is 0 Å². The van der Waals surface area contributed by atoms with Gasteiger partial charge in [-0.3, -0.25) is 4.79 Å². The minimum atomic E-state index is -0.905. The molecule has 0 bridgehead atoms. The number of rotatable bonds is 6. The van der Waals surface area contributed by atoms with Crippen LogP contribution >= 0.6 is 23.1 Å². The summed E-state index contributed by atoms with van der Waals surface area (Å²) in [5, 5.41) is 8.88. The summed E-state index contributed by atoms with van der Waals surface area (Å²) in [5.41, 5.74) is 10.0. The van der Waals surface area contributed by atoms with Gasteiger partial charge in [0.1, 0.15) is 5.01 Å². The average molecular weight is 260 g/mol. The number of carbonyl (C=O) groups is 1. The third-order valence-electron chi connectivity index (χ3n) is 2.14. The molecule has 1 amide bonds. The first-order valence-electron chi connectivity index (χ1n) is 4.93.